The maximum atomic E-state index is 13.3. The number of nitrogens with zero attached hydrogens (tertiary/aromatic N) is 4. The smallest absolute Gasteiger partial charge is 0.256 e. The van der Waals surface area contributed by atoms with Gasteiger partial charge in [-0.3, -0.25) is 4.79 Å². The fraction of sp³-hybridized carbons (Fsp3) is 0.393. The Balaban J connectivity index is 1.58. The van der Waals surface area contributed by atoms with Gasteiger partial charge in [0.25, 0.3) is 5.91 Å². The number of aryl methyl sites for hydroxylation is 3. The number of benzene rings is 2. The fourth-order valence-corrected chi connectivity index (χ4v) is 7.26. The summed E-state index contributed by atoms with van der Waals surface area (Å²) in [7, 11) is -3.67. The molecule has 0 aliphatic rings. The number of carbonyl (C=O) groups is 1. The molecular weight excluding hydrogens is 518 g/mol. The lowest BCUT2D eigenvalue weighted by Crippen LogP contribution is -2.37. The van der Waals surface area contributed by atoms with E-state index in [1.807, 2.05) is 41.5 Å². The minimum absolute atomic E-state index is 0.177. The van der Waals surface area contributed by atoms with Gasteiger partial charge in [-0.05, 0) is 74.1 Å². The molecule has 4 aromatic rings. The van der Waals surface area contributed by atoms with Crippen molar-refractivity contribution in [3.05, 3.63) is 64.8 Å². The van der Waals surface area contributed by atoms with E-state index in [1.165, 1.54) is 27.8 Å². The van der Waals surface area contributed by atoms with Gasteiger partial charge in [-0.25, -0.2) is 13.4 Å². The van der Waals surface area contributed by atoms with Crippen LogP contribution in [0.15, 0.2) is 47.4 Å². The van der Waals surface area contributed by atoms with Gasteiger partial charge >= 0.3 is 0 Å². The predicted molar refractivity (Wildman–Crippen MR) is 154 cm³/mol. The van der Waals surface area contributed by atoms with Crippen LogP contribution < -0.4 is 5.32 Å². The first-order chi connectivity index (χ1) is 17.8. The number of sulfonamides is 1. The number of hydrogen-bond acceptors (Lipinski definition) is 6. The number of aromatic nitrogens is 3. The molecule has 4 rings (SSSR count). The van der Waals surface area contributed by atoms with E-state index in [4.69, 9.17) is 4.98 Å². The van der Waals surface area contributed by atoms with Crippen molar-refractivity contribution in [1.29, 1.82) is 0 Å². The summed E-state index contributed by atoms with van der Waals surface area (Å²) in [5.74, 6) is 0.539. The third-order valence-corrected chi connectivity index (χ3v) is 8.79. The highest BCUT2D eigenvalue weighted by Crippen LogP contribution is 2.30. The molecule has 0 spiro atoms. The number of fused-ring (bicyclic) bond motifs is 1. The third kappa shape index (κ3) is 5.98. The first kappa shape index (κ1) is 27.9. The van der Waals surface area contributed by atoms with Gasteiger partial charge in [-0.2, -0.15) is 14.1 Å². The van der Waals surface area contributed by atoms with E-state index in [2.05, 4.69) is 29.5 Å². The summed E-state index contributed by atoms with van der Waals surface area (Å²) in [6.07, 6.45) is 0. The Morgan fingerprint density at radius 1 is 1.00 bits per heavy atom. The standard InChI is InChI=1S/C28H35N5O3S2/c1-17(2)15-32(16-18(3)4)38(35,36)23-10-8-22(9-11-23)27(34)29-25-14-21(7)31-33(25)28-30-26-20(6)12-19(5)13-24(26)37-28/h8-14,17-18H,15-16H2,1-7H3,(H,29,34). The SMILES string of the molecule is Cc1cc(C)c2nc(-n3nc(C)cc3NC(=O)c3ccc(S(=O)(=O)N(CC(C)C)CC(C)C)cc3)sc2c1. The van der Waals surface area contributed by atoms with Gasteiger partial charge in [0.15, 0.2) is 0 Å². The number of carbonyl (C=O) groups excluding carboxylic acids is 1. The number of nitrogens with one attached hydrogen (secondary N) is 1. The maximum Gasteiger partial charge on any atom is 0.256 e. The molecule has 0 radical (unpaired) electrons. The number of thiazole rings is 1. The Kier molecular flexibility index (Phi) is 8.06. The normalized spacial score (nSPS) is 12.3. The molecule has 0 unspecified atom stereocenters. The molecule has 0 aliphatic heterocycles. The molecule has 2 aromatic heterocycles. The molecule has 0 atom stereocenters. The molecule has 1 N–H and O–H groups in total. The van der Waals surface area contributed by atoms with Crippen LogP contribution in [0.4, 0.5) is 5.82 Å². The molecule has 2 heterocycles. The van der Waals surface area contributed by atoms with Gasteiger partial charge in [-0.1, -0.05) is 45.1 Å². The van der Waals surface area contributed by atoms with Crippen molar-refractivity contribution in [3.8, 4) is 5.13 Å². The van der Waals surface area contributed by atoms with Crippen molar-refractivity contribution < 1.29 is 13.2 Å². The van der Waals surface area contributed by atoms with Crippen LogP contribution in [0.2, 0.25) is 0 Å². The second-order valence-electron chi connectivity index (χ2n) is 10.6. The molecular formula is C28H35N5O3S2. The average molecular weight is 554 g/mol. The Morgan fingerprint density at radius 3 is 2.24 bits per heavy atom. The van der Waals surface area contributed by atoms with Crippen LogP contribution in [0, 0.1) is 32.6 Å². The van der Waals surface area contributed by atoms with Gasteiger partial charge in [0, 0.05) is 24.7 Å². The van der Waals surface area contributed by atoms with Crippen LogP contribution in [-0.4, -0.2) is 46.5 Å². The zero-order valence-electron chi connectivity index (χ0n) is 22.9. The third-order valence-electron chi connectivity index (χ3n) is 5.96. The van der Waals surface area contributed by atoms with Crippen molar-refractivity contribution in [2.75, 3.05) is 18.4 Å². The van der Waals surface area contributed by atoms with E-state index >= 15 is 0 Å². The Hall–Kier alpha value is -3.08. The lowest BCUT2D eigenvalue weighted by atomic mass is 10.1. The highest BCUT2D eigenvalue weighted by atomic mass is 32.2. The molecule has 202 valence electrons. The molecule has 0 aliphatic carbocycles. The van der Waals surface area contributed by atoms with Crippen molar-refractivity contribution in [2.24, 2.45) is 11.8 Å². The van der Waals surface area contributed by atoms with Crippen LogP contribution in [0.5, 0.6) is 0 Å². The van der Waals surface area contributed by atoms with Crippen molar-refractivity contribution >= 4 is 43.3 Å². The zero-order valence-corrected chi connectivity index (χ0v) is 24.6. The molecule has 8 nitrogen and oxygen atoms in total. The van der Waals surface area contributed by atoms with E-state index in [-0.39, 0.29) is 22.6 Å². The van der Waals surface area contributed by atoms with E-state index in [0.29, 0.717) is 29.6 Å². The van der Waals surface area contributed by atoms with E-state index in [9.17, 15) is 13.2 Å². The lowest BCUT2D eigenvalue weighted by Gasteiger charge is -2.25. The zero-order chi connectivity index (χ0) is 27.8. The predicted octanol–water partition coefficient (Wildman–Crippen LogP) is 5.96. The van der Waals surface area contributed by atoms with E-state index in [0.717, 1.165) is 27.0 Å². The largest absolute Gasteiger partial charge is 0.306 e. The monoisotopic (exact) mass is 553 g/mol. The van der Waals surface area contributed by atoms with Crippen LogP contribution in [0.1, 0.15) is 54.9 Å². The number of amides is 1. The molecule has 0 fully saturated rings. The Morgan fingerprint density at radius 2 is 1.63 bits per heavy atom. The van der Waals surface area contributed by atoms with Gasteiger partial charge in [-0.15, -0.1) is 0 Å². The summed E-state index contributed by atoms with van der Waals surface area (Å²) in [5.41, 5.74) is 4.26. The summed E-state index contributed by atoms with van der Waals surface area (Å²) in [6, 6.07) is 12.1. The first-order valence-corrected chi connectivity index (χ1v) is 15.0. The minimum Gasteiger partial charge on any atom is -0.306 e. The summed E-state index contributed by atoms with van der Waals surface area (Å²) in [6.45, 7) is 14.8. The van der Waals surface area contributed by atoms with E-state index in [1.54, 1.807) is 22.9 Å². The van der Waals surface area contributed by atoms with Gasteiger partial charge in [0.2, 0.25) is 15.2 Å². The van der Waals surface area contributed by atoms with Gasteiger partial charge in [0.1, 0.15) is 5.82 Å². The molecule has 1 amide bonds. The molecule has 0 saturated heterocycles. The Bertz CT molecular complexity index is 1560. The minimum atomic E-state index is -3.67. The van der Waals surface area contributed by atoms with Gasteiger partial charge in [0.05, 0.1) is 20.8 Å². The fourth-order valence-electron chi connectivity index (χ4n) is 4.38. The highest BCUT2D eigenvalue weighted by Gasteiger charge is 2.26. The molecule has 2 aromatic carbocycles. The Labute approximate surface area is 228 Å². The summed E-state index contributed by atoms with van der Waals surface area (Å²) in [5, 5.41) is 8.13. The van der Waals surface area contributed by atoms with E-state index < -0.39 is 10.0 Å². The second-order valence-corrected chi connectivity index (χ2v) is 13.5. The van der Waals surface area contributed by atoms with Crippen molar-refractivity contribution in [1.82, 2.24) is 19.1 Å². The quantitative estimate of drug-likeness (QED) is 0.276. The molecule has 0 bridgehead atoms. The van der Waals surface area contributed by atoms with Crippen LogP contribution in [0.3, 0.4) is 0 Å². The molecule has 10 heteroatoms. The summed E-state index contributed by atoms with van der Waals surface area (Å²) in [4.78, 5) is 18.1. The van der Waals surface area contributed by atoms with Crippen molar-refractivity contribution in [2.45, 2.75) is 53.4 Å². The van der Waals surface area contributed by atoms with Crippen LogP contribution in [0.25, 0.3) is 15.3 Å². The molecule has 0 saturated carbocycles. The number of hydrogen-bond donors (Lipinski definition) is 1. The topological polar surface area (TPSA) is 97.2 Å². The molecule has 38 heavy (non-hydrogen) atoms. The van der Waals surface area contributed by atoms with Crippen LogP contribution in [-0.2, 0) is 10.0 Å². The maximum absolute atomic E-state index is 13.3. The second kappa shape index (κ2) is 11.0. The first-order valence-electron chi connectivity index (χ1n) is 12.7. The van der Waals surface area contributed by atoms with Crippen LogP contribution >= 0.6 is 11.3 Å². The lowest BCUT2D eigenvalue weighted by molar-refractivity contribution is 0.102. The van der Waals surface area contributed by atoms with Crippen molar-refractivity contribution in [3.63, 3.8) is 0 Å². The average Bonchev–Trinajstić information content (AvgIpc) is 3.41. The number of anilines is 1. The summed E-state index contributed by atoms with van der Waals surface area (Å²) < 4.78 is 30.8. The number of rotatable bonds is 9. The highest BCUT2D eigenvalue weighted by molar-refractivity contribution is 7.89. The van der Waals surface area contributed by atoms with Gasteiger partial charge < -0.3 is 5.32 Å². The summed E-state index contributed by atoms with van der Waals surface area (Å²) >= 11 is 1.51.